The number of nitrogens with one attached hydrogen (secondary N) is 2. The Bertz CT molecular complexity index is 1180. The molecule has 0 aliphatic carbocycles. The minimum Gasteiger partial charge on any atom is -0.488 e. The van der Waals surface area contributed by atoms with Crippen LogP contribution in [0.3, 0.4) is 0 Å². The van der Waals surface area contributed by atoms with Crippen molar-refractivity contribution in [3.8, 4) is 5.75 Å². The van der Waals surface area contributed by atoms with Crippen LogP contribution >= 0.6 is 27.5 Å². The predicted octanol–water partition coefficient (Wildman–Crippen LogP) is 5.32. The van der Waals surface area contributed by atoms with Crippen molar-refractivity contribution in [3.05, 3.63) is 87.6 Å². The van der Waals surface area contributed by atoms with Crippen molar-refractivity contribution in [3.63, 3.8) is 0 Å². The van der Waals surface area contributed by atoms with Gasteiger partial charge in [0.2, 0.25) is 11.8 Å². The molecule has 1 saturated heterocycles. The fourth-order valence-electron chi connectivity index (χ4n) is 3.46. The van der Waals surface area contributed by atoms with Crippen LogP contribution in [0.25, 0.3) is 0 Å². The largest absolute Gasteiger partial charge is 0.488 e. The molecule has 170 valence electrons. The van der Waals surface area contributed by atoms with Gasteiger partial charge in [0.25, 0.3) is 0 Å². The molecule has 1 aliphatic rings. The van der Waals surface area contributed by atoms with Gasteiger partial charge >= 0.3 is 0 Å². The Hall–Kier alpha value is -3.10. The summed E-state index contributed by atoms with van der Waals surface area (Å²) in [6.07, 6.45) is 0.0867. The molecule has 3 aromatic rings. The van der Waals surface area contributed by atoms with Crippen LogP contribution in [0, 0.1) is 11.7 Å². The van der Waals surface area contributed by atoms with Crippen LogP contribution in [0.15, 0.2) is 71.2 Å². The topological polar surface area (TPSA) is 70.7 Å². The summed E-state index contributed by atoms with van der Waals surface area (Å²) in [5.41, 5.74) is 7.60. The lowest BCUT2D eigenvalue weighted by molar-refractivity contribution is -0.125. The number of hydrogen-bond acceptors (Lipinski definition) is 4. The lowest BCUT2D eigenvalue weighted by atomic mass is 10.1. The molecular weight excluding hydrogens is 513 g/mol. The number of carbonyl (C=O) groups is 2. The quantitative estimate of drug-likeness (QED) is 0.404. The molecule has 0 aromatic heterocycles. The number of carbonyl (C=O) groups excluding carboxylic acids is 2. The maximum atomic E-state index is 13.1. The van der Waals surface area contributed by atoms with Crippen LogP contribution in [-0.4, -0.2) is 18.4 Å². The fraction of sp³-hybridized carbons (Fsp3) is 0.167. The van der Waals surface area contributed by atoms with E-state index in [2.05, 4.69) is 26.8 Å². The van der Waals surface area contributed by atoms with E-state index >= 15 is 0 Å². The van der Waals surface area contributed by atoms with E-state index < -0.39 is 5.92 Å². The average molecular weight is 533 g/mol. The first-order valence-corrected chi connectivity index (χ1v) is 11.4. The molecule has 0 radical (unpaired) electrons. The smallest absolute Gasteiger partial charge is 0.243 e. The van der Waals surface area contributed by atoms with E-state index in [0.717, 1.165) is 5.56 Å². The van der Waals surface area contributed by atoms with Crippen LogP contribution in [0.5, 0.6) is 5.75 Å². The highest BCUT2D eigenvalue weighted by atomic mass is 79.9. The Morgan fingerprint density at radius 1 is 1.15 bits per heavy atom. The maximum absolute atomic E-state index is 13.1. The Morgan fingerprint density at radius 2 is 1.91 bits per heavy atom. The third-order valence-electron chi connectivity index (χ3n) is 5.24. The van der Waals surface area contributed by atoms with Gasteiger partial charge in [0.05, 0.1) is 16.1 Å². The van der Waals surface area contributed by atoms with Gasteiger partial charge in [-0.05, 0) is 64.5 Å². The minimum atomic E-state index is -0.517. The first-order valence-electron chi connectivity index (χ1n) is 10.2. The van der Waals surface area contributed by atoms with Gasteiger partial charge in [-0.3, -0.25) is 20.4 Å². The molecule has 3 aromatic carbocycles. The predicted molar refractivity (Wildman–Crippen MR) is 129 cm³/mol. The lowest BCUT2D eigenvalue weighted by Crippen LogP contribution is -2.36. The standard InChI is InChI=1S/C24H20BrClFN3O3/c25-20-12-18(7-10-22(20)33-14-15-3-1-2-4-21(15)26)28-29-24(32)16-11-23(31)30(13-16)19-8-5-17(27)6-9-19/h1-10,12,16,28H,11,13-14H2,(H,29,32)/t16-/m1/s1. The highest BCUT2D eigenvalue weighted by Crippen LogP contribution is 2.30. The number of halogens is 3. The average Bonchev–Trinajstić information content (AvgIpc) is 3.20. The summed E-state index contributed by atoms with van der Waals surface area (Å²) >= 11 is 9.63. The van der Waals surface area contributed by atoms with Crippen molar-refractivity contribution in [1.29, 1.82) is 0 Å². The van der Waals surface area contributed by atoms with Crippen molar-refractivity contribution < 1.29 is 18.7 Å². The van der Waals surface area contributed by atoms with Gasteiger partial charge in [-0.25, -0.2) is 4.39 Å². The van der Waals surface area contributed by atoms with E-state index in [1.165, 1.54) is 29.2 Å². The number of ether oxygens (including phenoxy) is 1. The fourth-order valence-corrected chi connectivity index (χ4v) is 4.14. The van der Waals surface area contributed by atoms with E-state index in [0.29, 0.717) is 33.2 Å². The summed E-state index contributed by atoms with van der Waals surface area (Å²) in [6.45, 7) is 0.554. The number of hydrazine groups is 1. The Morgan fingerprint density at radius 3 is 2.64 bits per heavy atom. The van der Waals surface area contributed by atoms with Crippen LogP contribution in [0.1, 0.15) is 12.0 Å². The van der Waals surface area contributed by atoms with Gasteiger partial charge in [0.15, 0.2) is 0 Å². The Kier molecular flexibility index (Phi) is 7.15. The molecule has 1 heterocycles. The molecule has 1 aliphatic heterocycles. The number of anilines is 2. The van der Waals surface area contributed by atoms with E-state index in [4.69, 9.17) is 16.3 Å². The molecule has 0 saturated carbocycles. The van der Waals surface area contributed by atoms with Crippen LogP contribution < -0.4 is 20.5 Å². The number of rotatable bonds is 7. The van der Waals surface area contributed by atoms with Gasteiger partial charge in [-0.2, -0.15) is 0 Å². The molecule has 2 amide bonds. The lowest BCUT2D eigenvalue weighted by Gasteiger charge is -2.17. The van der Waals surface area contributed by atoms with Crippen molar-refractivity contribution in [2.45, 2.75) is 13.0 Å². The van der Waals surface area contributed by atoms with E-state index in [1.54, 1.807) is 18.2 Å². The van der Waals surface area contributed by atoms with Gasteiger partial charge in [0, 0.05) is 29.2 Å². The summed E-state index contributed by atoms with van der Waals surface area (Å²) in [6, 6.07) is 18.4. The minimum absolute atomic E-state index is 0.0867. The normalized spacial score (nSPS) is 15.4. The molecule has 2 N–H and O–H groups in total. The van der Waals surface area contributed by atoms with Crippen LogP contribution in [-0.2, 0) is 16.2 Å². The second-order valence-corrected chi connectivity index (χ2v) is 8.78. The third-order valence-corrected chi connectivity index (χ3v) is 6.23. The summed E-state index contributed by atoms with van der Waals surface area (Å²) < 4.78 is 19.7. The zero-order chi connectivity index (χ0) is 23.4. The van der Waals surface area contributed by atoms with E-state index in [9.17, 15) is 14.0 Å². The monoisotopic (exact) mass is 531 g/mol. The van der Waals surface area contributed by atoms with Crippen LogP contribution in [0.4, 0.5) is 15.8 Å². The number of amides is 2. The zero-order valence-electron chi connectivity index (χ0n) is 17.4. The summed E-state index contributed by atoms with van der Waals surface area (Å²) in [5.74, 6) is -0.747. The third kappa shape index (κ3) is 5.64. The summed E-state index contributed by atoms with van der Waals surface area (Å²) in [7, 11) is 0. The second kappa shape index (κ2) is 10.2. The molecule has 9 heteroatoms. The Balaban J connectivity index is 1.31. The van der Waals surface area contributed by atoms with Crippen molar-refractivity contribution >= 4 is 50.7 Å². The Labute approximate surface area is 203 Å². The molecule has 1 atom stereocenters. The molecule has 4 rings (SSSR count). The van der Waals surface area contributed by atoms with E-state index in [1.807, 2.05) is 24.3 Å². The van der Waals surface area contributed by atoms with Crippen molar-refractivity contribution in [2.75, 3.05) is 16.9 Å². The number of hydrogen-bond donors (Lipinski definition) is 2. The molecule has 0 spiro atoms. The number of benzene rings is 3. The van der Waals surface area contributed by atoms with E-state index in [-0.39, 0.29) is 30.6 Å². The zero-order valence-corrected chi connectivity index (χ0v) is 19.7. The first-order chi connectivity index (χ1) is 15.9. The first kappa shape index (κ1) is 23.1. The second-order valence-electron chi connectivity index (χ2n) is 7.52. The summed E-state index contributed by atoms with van der Waals surface area (Å²) in [4.78, 5) is 26.4. The summed E-state index contributed by atoms with van der Waals surface area (Å²) in [5, 5.41) is 0.637. The maximum Gasteiger partial charge on any atom is 0.243 e. The van der Waals surface area contributed by atoms with Gasteiger partial charge in [-0.1, -0.05) is 29.8 Å². The van der Waals surface area contributed by atoms with Crippen molar-refractivity contribution in [2.24, 2.45) is 5.92 Å². The van der Waals surface area contributed by atoms with Gasteiger partial charge < -0.3 is 9.64 Å². The highest BCUT2D eigenvalue weighted by Gasteiger charge is 2.35. The van der Waals surface area contributed by atoms with Crippen LogP contribution in [0.2, 0.25) is 5.02 Å². The molecular formula is C24H20BrClFN3O3. The molecule has 0 bridgehead atoms. The highest BCUT2D eigenvalue weighted by molar-refractivity contribution is 9.10. The molecule has 1 fully saturated rings. The molecule has 33 heavy (non-hydrogen) atoms. The number of nitrogens with zero attached hydrogens (tertiary/aromatic N) is 1. The molecule has 0 unspecified atom stereocenters. The van der Waals surface area contributed by atoms with Gasteiger partial charge in [0.1, 0.15) is 18.2 Å². The van der Waals surface area contributed by atoms with Gasteiger partial charge in [-0.15, -0.1) is 0 Å². The SMILES string of the molecule is O=C(NNc1ccc(OCc2ccccc2Cl)c(Br)c1)[C@@H]1CC(=O)N(c2ccc(F)cc2)C1. The molecule has 6 nitrogen and oxygen atoms in total. The van der Waals surface area contributed by atoms with Crippen molar-refractivity contribution in [1.82, 2.24) is 5.43 Å².